The predicted molar refractivity (Wildman–Crippen MR) is 115 cm³/mol. The van der Waals surface area contributed by atoms with Crippen molar-refractivity contribution in [3.63, 3.8) is 0 Å². The Morgan fingerprint density at radius 1 is 1.03 bits per heavy atom. The van der Waals surface area contributed by atoms with Crippen LogP contribution >= 0.6 is 11.6 Å². The Bertz CT molecular complexity index is 1480. The first-order valence-electron chi connectivity index (χ1n) is 8.73. The number of hydrogen-bond donors (Lipinski definition) is 1. The van der Waals surface area contributed by atoms with E-state index < -0.39 is 21.3 Å². The third kappa shape index (κ3) is 3.27. The second-order valence-corrected chi connectivity index (χ2v) is 8.78. The van der Waals surface area contributed by atoms with Gasteiger partial charge in [-0.05, 0) is 42.5 Å². The highest BCUT2D eigenvalue weighted by atomic mass is 35.5. The molecule has 2 heterocycles. The van der Waals surface area contributed by atoms with Crippen LogP contribution in [0.3, 0.4) is 0 Å². The highest BCUT2D eigenvalue weighted by Gasteiger charge is 2.23. The smallest absolute Gasteiger partial charge is 0.306 e. The molecule has 0 saturated carbocycles. The molecular formula is C20H15ClN4O4S. The van der Waals surface area contributed by atoms with Crippen LogP contribution in [0.1, 0.15) is 0 Å². The van der Waals surface area contributed by atoms with Crippen LogP contribution in [0.15, 0.2) is 81.5 Å². The third-order valence-electron chi connectivity index (χ3n) is 4.65. The first kappa shape index (κ1) is 19.9. The molecule has 2 aromatic carbocycles. The molecule has 0 aliphatic rings. The van der Waals surface area contributed by atoms with E-state index in [2.05, 4.69) is 9.97 Å². The second-order valence-electron chi connectivity index (χ2n) is 6.41. The molecule has 4 rings (SSSR count). The number of sulfonamides is 1. The fourth-order valence-corrected chi connectivity index (χ4v) is 4.47. The van der Waals surface area contributed by atoms with Crippen LogP contribution in [0.5, 0.6) is 0 Å². The number of fused-ring (bicyclic) bond motifs is 1. The van der Waals surface area contributed by atoms with E-state index in [1.165, 1.54) is 37.6 Å². The second kappa shape index (κ2) is 7.43. The first-order valence-corrected chi connectivity index (χ1v) is 10.6. The summed E-state index contributed by atoms with van der Waals surface area (Å²) < 4.78 is 28.1. The lowest BCUT2D eigenvalue weighted by molar-refractivity contribution is 0.594. The first-order chi connectivity index (χ1) is 14.3. The number of nitrogens with zero attached hydrogens (tertiary/aromatic N) is 3. The molecule has 0 saturated heterocycles. The van der Waals surface area contributed by atoms with E-state index in [0.29, 0.717) is 11.2 Å². The SMILES string of the molecule is CN(c1ccncc1)S(=O)(=O)c1ccc(Cl)c(-n2c(=O)[nH]c3ccccc3c2=O)c1. The van der Waals surface area contributed by atoms with E-state index in [-0.39, 0.29) is 21.0 Å². The number of hydrogen-bond acceptors (Lipinski definition) is 5. The van der Waals surface area contributed by atoms with Crippen molar-refractivity contribution in [3.05, 3.63) is 92.9 Å². The van der Waals surface area contributed by atoms with Crippen molar-refractivity contribution >= 4 is 38.2 Å². The Labute approximate surface area is 176 Å². The molecule has 0 aliphatic heterocycles. The average molecular weight is 443 g/mol. The van der Waals surface area contributed by atoms with Gasteiger partial charge in [0.25, 0.3) is 15.6 Å². The normalized spacial score (nSPS) is 11.5. The Kier molecular flexibility index (Phi) is 4.92. The van der Waals surface area contributed by atoms with Gasteiger partial charge in [-0.25, -0.2) is 17.8 Å². The van der Waals surface area contributed by atoms with Crippen LogP contribution in [0, 0.1) is 0 Å². The molecule has 10 heteroatoms. The Morgan fingerprint density at radius 2 is 1.73 bits per heavy atom. The average Bonchev–Trinajstić information content (AvgIpc) is 2.75. The summed E-state index contributed by atoms with van der Waals surface area (Å²) in [4.78, 5) is 31.9. The summed E-state index contributed by atoms with van der Waals surface area (Å²) in [6.07, 6.45) is 2.95. The molecular weight excluding hydrogens is 428 g/mol. The Morgan fingerprint density at radius 3 is 2.47 bits per heavy atom. The fourth-order valence-electron chi connectivity index (χ4n) is 3.06. The summed E-state index contributed by atoms with van der Waals surface area (Å²) in [6.45, 7) is 0. The van der Waals surface area contributed by atoms with Gasteiger partial charge in [0.2, 0.25) is 0 Å². The van der Waals surface area contributed by atoms with Crippen molar-refractivity contribution in [2.75, 3.05) is 11.4 Å². The van der Waals surface area contributed by atoms with Crippen molar-refractivity contribution in [2.24, 2.45) is 0 Å². The van der Waals surface area contributed by atoms with Crippen molar-refractivity contribution < 1.29 is 8.42 Å². The van der Waals surface area contributed by atoms with Gasteiger partial charge in [-0.1, -0.05) is 23.7 Å². The quantitative estimate of drug-likeness (QED) is 0.523. The molecule has 0 radical (unpaired) electrons. The van der Waals surface area contributed by atoms with Crippen LogP contribution in [0.2, 0.25) is 5.02 Å². The number of rotatable bonds is 4. The molecule has 0 atom stereocenters. The summed E-state index contributed by atoms with van der Waals surface area (Å²) in [5.41, 5.74) is -0.577. The number of H-pyrrole nitrogens is 1. The van der Waals surface area contributed by atoms with Crippen LogP contribution in [0.25, 0.3) is 16.6 Å². The van der Waals surface area contributed by atoms with Crippen LogP contribution in [-0.4, -0.2) is 30.0 Å². The summed E-state index contributed by atoms with van der Waals surface area (Å²) in [5.74, 6) is 0. The molecule has 4 aromatic rings. The molecule has 0 aliphatic carbocycles. The number of benzene rings is 2. The van der Waals surface area contributed by atoms with E-state index in [0.717, 1.165) is 8.87 Å². The summed E-state index contributed by atoms with van der Waals surface area (Å²) in [5, 5.41) is 0.332. The van der Waals surface area contributed by atoms with Gasteiger partial charge in [0.15, 0.2) is 0 Å². The lowest BCUT2D eigenvalue weighted by Gasteiger charge is -2.20. The lowest BCUT2D eigenvalue weighted by atomic mass is 10.2. The van der Waals surface area contributed by atoms with E-state index in [1.54, 1.807) is 36.4 Å². The number of halogens is 1. The van der Waals surface area contributed by atoms with Gasteiger partial charge in [-0.15, -0.1) is 0 Å². The largest absolute Gasteiger partial charge is 0.333 e. The molecule has 30 heavy (non-hydrogen) atoms. The van der Waals surface area contributed by atoms with Crippen LogP contribution < -0.4 is 15.6 Å². The number of aromatic amines is 1. The summed E-state index contributed by atoms with van der Waals surface area (Å²) in [7, 11) is -2.59. The number of para-hydroxylation sites is 1. The van der Waals surface area contributed by atoms with Crippen molar-refractivity contribution in [1.82, 2.24) is 14.5 Å². The van der Waals surface area contributed by atoms with Crippen molar-refractivity contribution in [1.29, 1.82) is 0 Å². The van der Waals surface area contributed by atoms with E-state index in [1.807, 2.05) is 0 Å². The molecule has 0 unspecified atom stereocenters. The minimum Gasteiger partial charge on any atom is -0.306 e. The van der Waals surface area contributed by atoms with E-state index in [4.69, 9.17) is 11.6 Å². The third-order valence-corrected chi connectivity index (χ3v) is 6.75. The standard InChI is InChI=1S/C20H15ClN4O4S/c1-24(13-8-10-22-11-9-13)30(28,29)14-6-7-16(21)18(12-14)25-19(26)15-4-2-3-5-17(15)23-20(25)27/h2-12H,1H3,(H,23,27). The zero-order chi connectivity index (χ0) is 21.5. The molecule has 8 nitrogen and oxygen atoms in total. The van der Waals surface area contributed by atoms with Gasteiger partial charge in [0.05, 0.1) is 32.2 Å². The molecule has 1 N–H and O–H groups in total. The van der Waals surface area contributed by atoms with Crippen LogP contribution in [0.4, 0.5) is 5.69 Å². The predicted octanol–water partition coefficient (Wildman–Crippen LogP) is 2.55. The number of aromatic nitrogens is 3. The van der Waals surface area contributed by atoms with Gasteiger partial charge in [-0.2, -0.15) is 0 Å². The number of pyridine rings is 1. The Hall–Kier alpha value is -3.43. The Balaban J connectivity index is 1.91. The monoisotopic (exact) mass is 442 g/mol. The minimum atomic E-state index is -3.99. The van der Waals surface area contributed by atoms with E-state index in [9.17, 15) is 18.0 Å². The fraction of sp³-hybridized carbons (Fsp3) is 0.0500. The van der Waals surface area contributed by atoms with E-state index >= 15 is 0 Å². The van der Waals surface area contributed by atoms with Gasteiger partial charge >= 0.3 is 5.69 Å². The molecule has 2 aromatic heterocycles. The maximum absolute atomic E-state index is 13.1. The summed E-state index contributed by atoms with van der Waals surface area (Å²) >= 11 is 6.24. The maximum Gasteiger partial charge on any atom is 0.333 e. The zero-order valence-electron chi connectivity index (χ0n) is 15.6. The van der Waals surface area contributed by atoms with Crippen LogP contribution in [-0.2, 0) is 10.0 Å². The number of nitrogens with one attached hydrogen (secondary N) is 1. The highest BCUT2D eigenvalue weighted by molar-refractivity contribution is 7.92. The molecule has 0 spiro atoms. The summed E-state index contributed by atoms with van der Waals surface area (Å²) in [6, 6.07) is 13.5. The van der Waals surface area contributed by atoms with Crippen molar-refractivity contribution in [2.45, 2.75) is 4.90 Å². The highest BCUT2D eigenvalue weighted by Crippen LogP contribution is 2.26. The molecule has 0 amide bonds. The van der Waals surface area contributed by atoms with Crippen molar-refractivity contribution in [3.8, 4) is 5.69 Å². The molecule has 0 bridgehead atoms. The molecule has 0 fully saturated rings. The maximum atomic E-state index is 13.1. The molecule has 152 valence electrons. The topological polar surface area (TPSA) is 105 Å². The lowest BCUT2D eigenvalue weighted by Crippen LogP contribution is -2.34. The van der Waals surface area contributed by atoms with Gasteiger partial charge in [0.1, 0.15) is 0 Å². The number of anilines is 1. The van der Waals surface area contributed by atoms with Gasteiger partial charge < -0.3 is 4.98 Å². The zero-order valence-corrected chi connectivity index (χ0v) is 17.2. The van der Waals surface area contributed by atoms with Gasteiger partial charge in [-0.3, -0.25) is 14.1 Å². The van der Waals surface area contributed by atoms with Gasteiger partial charge in [0, 0.05) is 19.4 Å². The minimum absolute atomic E-state index is 0.0297.